The summed E-state index contributed by atoms with van der Waals surface area (Å²) in [7, 11) is -4.67. The van der Waals surface area contributed by atoms with E-state index in [0.29, 0.717) is 0 Å². The molecule has 17 heteroatoms. The summed E-state index contributed by atoms with van der Waals surface area (Å²) in [5, 5.41) is 0. The summed E-state index contributed by atoms with van der Waals surface area (Å²) in [4.78, 5) is 48.9. The molecule has 2 fully saturated rings. The number of phosphoric acid groups is 1. The maximum Gasteiger partial charge on any atom is 0.510 e. The molecule has 38 heavy (non-hydrogen) atoms. The number of aromatic nitrogens is 2. The van der Waals surface area contributed by atoms with Crippen molar-refractivity contribution in [1.82, 2.24) is 9.55 Å². The number of carbonyl (C=O) groups excluding carboxylic acids is 2. The number of halogens is 1. The van der Waals surface area contributed by atoms with Gasteiger partial charge in [0.15, 0.2) is 0 Å². The highest BCUT2D eigenvalue weighted by Gasteiger charge is 2.77. The second-order valence-electron chi connectivity index (χ2n) is 9.09. The molecule has 1 N–H and O–H groups in total. The van der Waals surface area contributed by atoms with Crippen molar-refractivity contribution in [2.24, 2.45) is 11.8 Å². The highest BCUT2D eigenvalue weighted by atomic mass is 31.2. The van der Waals surface area contributed by atoms with Crippen LogP contribution in [-0.4, -0.2) is 66.0 Å². The van der Waals surface area contributed by atoms with Crippen molar-refractivity contribution in [3.05, 3.63) is 33.1 Å². The minimum absolute atomic E-state index is 0.501. The Morgan fingerprint density at radius 2 is 1.66 bits per heavy atom. The lowest BCUT2D eigenvalue weighted by atomic mass is 10.0. The van der Waals surface area contributed by atoms with Crippen LogP contribution < -0.4 is 11.2 Å². The van der Waals surface area contributed by atoms with Crippen LogP contribution in [0.25, 0.3) is 0 Å². The van der Waals surface area contributed by atoms with Crippen LogP contribution in [0.4, 0.5) is 14.0 Å². The predicted octanol–water partition coefficient (Wildman–Crippen LogP) is 2.60. The molecular formula is C21H30FN2O13P. The van der Waals surface area contributed by atoms with Crippen LogP contribution in [0.2, 0.25) is 0 Å². The number of nitrogens with zero attached hydrogens (tertiary/aromatic N) is 1. The van der Waals surface area contributed by atoms with Crippen molar-refractivity contribution in [1.29, 1.82) is 0 Å². The maximum atomic E-state index is 14.2. The Labute approximate surface area is 216 Å². The van der Waals surface area contributed by atoms with Crippen LogP contribution in [0.15, 0.2) is 21.9 Å². The molecule has 1 saturated carbocycles. The molecule has 1 aromatic rings. The van der Waals surface area contributed by atoms with E-state index in [1.165, 1.54) is 6.20 Å². The average Bonchev–Trinajstić information content (AvgIpc) is 3.29. The molecule has 2 heterocycles. The zero-order valence-electron chi connectivity index (χ0n) is 21.3. The van der Waals surface area contributed by atoms with Gasteiger partial charge in [0.2, 0.25) is 13.6 Å². The van der Waals surface area contributed by atoms with Gasteiger partial charge in [0.1, 0.15) is 24.6 Å². The van der Waals surface area contributed by atoms with Crippen molar-refractivity contribution in [3.63, 3.8) is 0 Å². The quantitative estimate of drug-likeness (QED) is 0.221. The zero-order chi connectivity index (χ0) is 28.3. The number of carbonyl (C=O) groups is 2. The maximum absolute atomic E-state index is 14.2. The Bertz CT molecular complexity index is 1140. The number of aromatic amines is 1. The molecule has 0 aromatic carbocycles. The van der Waals surface area contributed by atoms with Gasteiger partial charge in [-0.25, -0.2) is 32.4 Å². The van der Waals surface area contributed by atoms with E-state index in [2.05, 4.69) is 14.5 Å². The smallest absolute Gasteiger partial charge is 0.432 e. The molecule has 0 bridgehead atoms. The standard InChI is InChI=1S/C21H30FN2O13P/c1-11(2)34-19(27)30-9-32-38(29,33-10-31-20(28)35-12(3)4)37-16-15-13(5)17(36-21(15,16)8-22)24-7-6-14(25)23-18(24)26/h6-7,11-13,15-17H,8-10H2,1-5H3,(H,23,25,26)/t13-,15?,16?,17+,21-/m0/s1. The van der Waals surface area contributed by atoms with Gasteiger partial charge in [-0.15, -0.1) is 0 Å². The lowest BCUT2D eigenvalue weighted by molar-refractivity contribution is -0.0966. The predicted molar refractivity (Wildman–Crippen MR) is 123 cm³/mol. The van der Waals surface area contributed by atoms with Gasteiger partial charge in [-0.1, -0.05) is 6.92 Å². The number of fused-ring (bicyclic) bond motifs is 1. The molecule has 0 radical (unpaired) electrons. The second kappa shape index (κ2) is 11.9. The first-order valence-electron chi connectivity index (χ1n) is 11.6. The van der Waals surface area contributed by atoms with Gasteiger partial charge in [0, 0.05) is 24.1 Å². The van der Waals surface area contributed by atoms with Gasteiger partial charge in [-0.2, -0.15) is 0 Å². The third-order valence-electron chi connectivity index (χ3n) is 5.64. The molecule has 0 amide bonds. The van der Waals surface area contributed by atoms with Crippen LogP contribution in [-0.2, 0) is 41.8 Å². The van der Waals surface area contributed by atoms with Crippen molar-refractivity contribution < 1.29 is 55.8 Å². The Morgan fingerprint density at radius 1 is 1.11 bits per heavy atom. The van der Waals surface area contributed by atoms with Gasteiger partial charge in [0.25, 0.3) is 5.56 Å². The molecule has 1 saturated heterocycles. The number of hydrogen-bond acceptors (Lipinski definition) is 13. The molecule has 0 spiro atoms. The molecule has 1 aliphatic carbocycles. The van der Waals surface area contributed by atoms with E-state index in [9.17, 15) is 28.1 Å². The molecule has 1 aromatic heterocycles. The molecule has 2 aliphatic rings. The number of H-pyrrole nitrogens is 1. The van der Waals surface area contributed by atoms with E-state index >= 15 is 0 Å². The van der Waals surface area contributed by atoms with Crippen molar-refractivity contribution >= 4 is 20.1 Å². The molecule has 5 atom stereocenters. The van der Waals surface area contributed by atoms with E-state index in [-0.39, 0.29) is 0 Å². The van der Waals surface area contributed by atoms with Gasteiger partial charge in [0.05, 0.1) is 12.2 Å². The van der Waals surface area contributed by atoms with Gasteiger partial charge in [-0.3, -0.25) is 18.9 Å². The summed E-state index contributed by atoms with van der Waals surface area (Å²) in [6, 6.07) is 1.11. The fourth-order valence-corrected chi connectivity index (χ4v) is 5.19. The fourth-order valence-electron chi connectivity index (χ4n) is 4.04. The molecule has 15 nitrogen and oxygen atoms in total. The minimum atomic E-state index is -4.67. The first-order chi connectivity index (χ1) is 17.8. The fraction of sp³-hybridized carbons (Fsp3) is 0.714. The lowest BCUT2D eigenvalue weighted by Gasteiger charge is -2.26. The number of rotatable bonds is 12. The van der Waals surface area contributed by atoms with Crippen LogP contribution in [0, 0.1) is 11.8 Å². The number of alkyl halides is 1. The van der Waals surface area contributed by atoms with Crippen LogP contribution >= 0.6 is 7.82 Å². The zero-order valence-corrected chi connectivity index (χ0v) is 22.2. The van der Waals surface area contributed by atoms with Crippen LogP contribution in [0.1, 0.15) is 40.8 Å². The number of nitrogens with one attached hydrogen (secondary N) is 1. The molecule has 214 valence electrons. The van der Waals surface area contributed by atoms with Crippen molar-refractivity contribution in [2.45, 2.75) is 64.8 Å². The first-order valence-corrected chi connectivity index (χ1v) is 13.1. The molecule has 3 rings (SSSR count). The minimum Gasteiger partial charge on any atom is -0.432 e. The SMILES string of the molecule is CC(C)OC(=O)OCOP(=O)(OCOC(=O)OC(C)C)OC1C2[C@H](C)[C@H](n3ccc(=O)[nH]c3=O)O[C@]12CF. The lowest BCUT2D eigenvalue weighted by Crippen LogP contribution is -2.36. The third-order valence-corrected chi connectivity index (χ3v) is 6.96. The molecular weight excluding hydrogens is 538 g/mol. The first kappa shape index (κ1) is 29.8. The van der Waals surface area contributed by atoms with Crippen LogP contribution in [0.3, 0.4) is 0 Å². The summed E-state index contributed by atoms with van der Waals surface area (Å²) in [6.07, 6.45) is -4.17. The van der Waals surface area contributed by atoms with Crippen molar-refractivity contribution in [3.8, 4) is 0 Å². The Balaban J connectivity index is 1.70. The van der Waals surface area contributed by atoms with Gasteiger partial charge < -0.3 is 23.7 Å². The summed E-state index contributed by atoms with van der Waals surface area (Å²) in [6.45, 7) is 4.98. The van der Waals surface area contributed by atoms with E-state index in [1.807, 2.05) is 0 Å². The van der Waals surface area contributed by atoms with E-state index < -0.39 is 93.6 Å². The topological polar surface area (TPSA) is 180 Å². The largest absolute Gasteiger partial charge is 0.510 e. The number of hydrogen-bond donors (Lipinski definition) is 1. The summed E-state index contributed by atoms with van der Waals surface area (Å²) >= 11 is 0. The van der Waals surface area contributed by atoms with Gasteiger partial charge in [-0.05, 0) is 27.7 Å². The summed E-state index contributed by atoms with van der Waals surface area (Å²) < 4.78 is 68.9. The summed E-state index contributed by atoms with van der Waals surface area (Å²) in [5.74, 6) is -1.27. The monoisotopic (exact) mass is 568 g/mol. The number of phosphoric ester groups is 1. The normalized spacial score (nSPS) is 26.2. The highest BCUT2D eigenvalue weighted by Crippen LogP contribution is 2.68. The Hall–Kier alpha value is -2.78. The molecule has 2 unspecified atom stereocenters. The Kier molecular flexibility index (Phi) is 9.36. The average molecular weight is 568 g/mol. The Morgan fingerprint density at radius 3 is 2.11 bits per heavy atom. The van der Waals surface area contributed by atoms with Gasteiger partial charge >= 0.3 is 25.8 Å². The summed E-state index contributed by atoms with van der Waals surface area (Å²) in [5.41, 5.74) is -2.98. The highest BCUT2D eigenvalue weighted by molar-refractivity contribution is 7.48. The number of ether oxygens (including phenoxy) is 5. The molecule has 1 aliphatic heterocycles. The van der Waals surface area contributed by atoms with E-state index in [0.717, 1.165) is 10.6 Å². The second-order valence-corrected chi connectivity index (χ2v) is 10.7. The van der Waals surface area contributed by atoms with E-state index in [1.54, 1.807) is 34.6 Å². The third kappa shape index (κ3) is 6.80. The van der Waals surface area contributed by atoms with Crippen molar-refractivity contribution in [2.75, 3.05) is 20.3 Å². The van der Waals surface area contributed by atoms with E-state index in [4.69, 9.17) is 27.8 Å². The van der Waals surface area contributed by atoms with Crippen LogP contribution in [0.5, 0.6) is 0 Å².